The number of halogens is 1. The third kappa shape index (κ3) is 4.93. The van der Waals surface area contributed by atoms with Crippen LogP contribution in [0.1, 0.15) is 32.3 Å². The number of pyridine rings is 1. The molecular weight excluding hydrogens is 336 g/mol. The number of piperazine rings is 1. The molecule has 1 aromatic heterocycles. The number of likely N-dealkylation sites (tertiary alicyclic amines) is 1. The van der Waals surface area contributed by atoms with Crippen molar-refractivity contribution in [2.45, 2.75) is 39.3 Å². The number of hydrogen-bond acceptors (Lipinski definition) is 4. The molecule has 0 atom stereocenters. The van der Waals surface area contributed by atoms with E-state index < -0.39 is 0 Å². The number of nitrogens with zero attached hydrogens (tertiary/aromatic N) is 4. The molecule has 2 aliphatic heterocycles. The van der Waals surface area contributed by atoms with Gasteiger partial charge in [-0.2, -0.15) is 0 Å². The van der Waals surface area contributed by atoms with Crippen molar-refractivity contribution < 1.29 is 4.79 Å². The maximum atomic E-state index is 12.8. The second-order valence-electron chi connectivity index (χ2n) is 7.49. The van der Waals surface area contributed by atoms with Crippen molar-refractivity contribution in [3.63, 3.8) is 0 Å². The molecule has 0 spiro atoms. The predicted molar refractivity (Wildman–Crippen MR) is 101 cm³/mol. The summed E-state index contributed by atoms with van der Waals surface area (Å²) in [6, 6.07) is 4.44. The predicted octanol–water partition coefficient (Wildman–Crippen LogP) is 2.50. The minimum atomic E-state index is 0.224. The van der Waals surface area contributed by atoms with E-state index in [0.717, 1.165) is 58.7 Å². The molecule has 2 saturated heterocycles. The van der Waals surface area contributed by atoms with Crippen LogP contribution in [0.2, 0.25) is 5.15 Å². The fourth-order valence-electron chi connectivity index (χ4n) is 3.81. The molecule has 138 valence electrons. The van der Waals surface area contributed by atoms with Crippen LogP contribution < -0.4 is 0 Å². The Morgan fingerprint density at radius 2 is 1.84 bits per heavy atom. The Labute approximate surface area is 155 Å². The molecule has 0 aliphatic carbocycles. The molecular formula is C19H29ClN4O. The minimum absolute atomic E-state index is 0.224. The van der Waals surface area contributed by atoms with Gasteiger partial charge in [-0.3, -0.25) is 9.69 Å². The van der Waals surface area contributed by atoms with E-state index in [-0.39, 0.29) is 5.92 Å². The van der Waals surface area contributed by atoms with Crippen LogP contribution >= 0.6 is 11.6 Å². The molecule has 3 rings (SSSR count). The zero-order valence-electron chi connectivity index (χ0n) is 15.3. The molecule has 2 aliphatic rings. The average molecular weight is 365 g/mol. The van der Waals surface area contributed by atoms with Gasteiger partial charge in [0.25, 0.3) is 0 Å². The molecule has 1 aromatic rings. The van der Waals surface area contributed by atoms with Crippen molar-refractivity contribution in [3.8, 4) is 0 Å². The van der Waals surface area contributed by atoms with Gasteiger partial charge in [0, 0.05) is 50.9 Å². The summed E-state index contributed by atoms with van der Waals surface area (Å²) in [5, 5.41) is 0.530. The van der Waals surface area contributed by atoms with Gasteiger partial charge in [0.05, 0.1) is 0 Å². The third-order valence-electron chi connectivity index (χ3n) is 5.49. The monoisotopic (exact) mass is 364 g/mol. The fraction of sp³-hybridized carbons (Fsp3) is 0.684. The normalized spacial score (nSPS) is 21.0. The molecule has 0 N–H and O–H groups in total. The zero-order valence-corrected chi connectivity index (χ0v) is 16.1. The van der Waals surface area contributed by atoms with E-state index in [9.17, 15) is 4.79 Å². The van der Waals surface area contributed by atoms with Crippen molar-refractivity contribution in [1.82, 2.24) is 19.7 Å². The van der Waals surface area contributed by atoms with Crippen LogP contribution in [0.5, 0.6) is 0 Å². The summed E-state index contributed by atoms with van der Waals surface area (Å²) >= 11 is 5.84. The Balaban J connectivity index is 1.44. The molecule has 0 aromatic carbocycles. The van der Waals surface area contributed by atoms with E-state index in [1.54, 1.807) is 0 Å². The number of carbonyl (C=O) groups is 1. The van der Waals surface area contributed by atoms with E-state index in [1.165, 1.54) is 5.56 Å². The van der Waals surface area contributed by atoms with Crippen LogP contribution in [-0.2, 0) is 11.3 Å². The Kier molecular flexibility index (Phi) is 6.31. The maximum Gasteiger partial charge on any atom is 0.225 e. The first-order valence-corrected chi connectivity index (χ1v) is 9.76. The highest BCUT2D eigenvalue weighted by Gasteiger charge is 2.30. The van der Waals surface area contributed by atoms with Crippen LogP contribution in [0.4, 0.5) is 0 Å². The van der Waals surface area contributed by atoms with Gasteiger partial charge in [0.15, 0.2) is 0 Å². The highest BCUT2D eigenvalue weighted by molar-refractivity contribution is 6.29. The van der Waals surface area contributed by atoms with Crippen LogP contribution in [0.15, 0.2) is 18.3 Å². The quantitative estimate of drug-likeness (QED) is 0.769. The zero-order chi connectivity index (χ0) is 17.8. The first-order valence-electron chi connectivity index (χ1n) is 9.38. The van der Waals surface area contributed by atoms with E-state index in [4.69, 9.17) is 11.6 Å². The van der Waals surface area contributed by atoms with E-state index >= 15 is 0 Å². The highest BCUT2D eigenvalue weighted by Crippen LogP contribution is 2.22. The largest absolute Gasteiger partial charge is 0.340 e. The number of hydrogen-bond donors (Lipinski definition) is 0. The summed E-state index contributed by atoms with van der Waals surface area (Å²) in [7, 11) is 0. The lowest BCUT2D eigenvalue weighted by molar-refractivity contribution is -0.139. The average Bonchev–Trinajstić information content (AvgIpc) is 2.64. The number of piperidine rings is 1. The van der Waals surface area contributed by atoms with Gasteiger partial charge in [0.2, 0.25) is 5.91 Å². The molecule has 5 nitrogen and oxygen atoms in total. The smallest absolute Gasteiger partial charge is 0.225 e. The molecule has 3 heterocycles. The molecule has 1 amide bonds. The lowest BCUT2D eigenvalue weighted by Crippen LogP contribution is -2.51. The summed E-state index contributed by atoms with van der Waals surface area (Å²) in [6.07, 6.45) is 3.85. The van der Waals surface area contributed by atoms with Crippen LogP contribution in [0, 0.1) is 5.92 Å². The highest BCUT2D eigenvalue weighted by atomic mass is 35.5. The lowest BCUT2D eigenvalue weighted by Gasteiger charge is -2.39. The van der Waals surface area contributed by atoms with Crippen molar-refractivity contribution in [2.75, 3.05) is 39.3 Å². The molecule has 0 unspecified atom stereocenters. The number of aromatic nitrogens is 1. The third-order valence-corrected chi connectivity index (χ3v) is 5.71. The second kappa shape index (κ2) is 8.47. The fourth-order valence-corrected chi connectivity index (χ4v) is 3.92. The topological polar surface area (TPSA) is 39.7 Å². The Morgan fingerprint density at radius 1 is 1.16 bits per heavy atom. The van der Waals surface area contributed by atoms with Crippen molar-refractivity contribution in [3.05, 3.63) is 29.0 Å². The lowest BCUT2D eigenvalue weighted by atomic mass is 9.94. The van der Waals surface area contributed by atoms with Crippen molar-refractivity contribution >= 4 is 17.5 Å². The number of carbonyl (C=O) groups excluding carboxylic acids is 1. The second-order valence-corrected chi connectivity index (χ2v) is 7.88. The summed E-state index contributed by atoms with van der Waals surface area (Å²) in [5.41, 5.74) is 1.17. The summed E-state index contributed by atoms with van der Waals surface area (Å²) in [5.74, 6) is 0.596. The first kappa shape index (κ1) is 18.6. The summed E-state index contributed by atoms with van der Waals surface area (Å²) < 4.78 is 0. The van der Waals surface area contributed by atoms with Gasteiger partial charge in [-0.25, -0.2) is 4.98 Å². The van der Waals surface area contributed by atoms with E-state index in [0.29, 0.717) is 17.1 Å². The van der Waals surface area contributed by atoms with Gasteiger partial charge in [0.1, 0.15) is 5.15 Å². The summed E-state index contributed by atoms with van der Waals surface area (Å²) in [4.78, 5) is 23.9. The van der Waals surface area contributed by atoms with Crippen molar-refractivity contribution in [1.29, 1.82) is 0 Å². The molecule has 2 fully saturated rings. The minimum Gasteiger partial charge on any atom is -0.340 e. The van der Waals surface area contributed by atoms with Crippen molar-refractivity contribution in [2.24, 2.45) is 5.92 Å². The Bertz CT molecular complexity index is 561. The number of amides is 1. The van der Waals surface area contributed by atoms with Gasteiger partial charge < -0.3 is 9.80 Å². The van der Waals surface area contributed by atoms with Gasteiger partial charge >= 0.3 is 0 Å². The van der Waals surface area contributed by atoms with Gasteiger partial charge in [-0.1, -0.05) is 17.7 Å². The maximum absolute atomic E-state index is 12.8. The van der Waals surface area contributed by atoms with Crippen LogP contribution in [0.25, 0.3) is 0 Å². The Hall–Kier alpha value is -1.17. The van der Waals surface area contributed by atoms with E-state index in [1.807, 2.05) is 18.3 Å². The van der Waals surface area contributed by atoms with Crippen LogP contribution in [-0.4, -0.2) is 70.9 Å². The molecule has 6 heteroatoms. The number of rotatable bonds is 4. The van der Waals surface area contributed by atoms with Gasteiger partial charge in [-0.15, -0.1) is 0 Å². The SMILES string of the molecule is CC(C)N1CCC(C(=O)N2CCN(Cc3ccc(Cl)nc3)CC2)CC1. The first-order chi connectivity index (χ1) is 12.0. The van der Waals surface area contributed by atoms with Crippen LogP contribution in [0.3, 0.4) is 0 Å². The van der Waals surface area contributed by atoms with E-state index in [2.05, 4.69) is 33.5 Å². The standard InChI is InChI=1S/C19H29ClN4O/c1-15(2)23-7-5-17(6-8-23)19(25)24-11-9-22(10-12-24)14-16-3-4-18(20)21-13-16/h3-4,13,15,17H,5-12,14H2,1-2H3. The molecule has 0 radical (unpaired) electrons. The van der Waals surface area contributed by atoms with Gasteiger partial charge in [-0.05, 0) is 51.4 Å². The molecule has 0 saturated carbocycles. The molecule has 0 bridgehead atoms. The molecule has 25 heavy (non-hydrogen) atoms. The Morgan fingerprint density at radius 3 is 2.40 bits per heavy atom. The summed E-state index contributed by atoms with van der Waals surface area (Å²) in [6.45, 7) is 11.0.